The summed E-state index contributed by atoms with van der Waals surface area (Å²) in [5.41, 5.74) is 1.21. The highest BCUT2D eigenvalue weighted by Gasteiger charge is 2.29. The van der Waals surface area contributed by atoms with Gasteiger partial charge in [-0.05, 0) is 57.2 Å². The summed E-state index contributed by atoms with van der Waals surface area (Å²) in [4.78, 5) is 19.4. The van der Waals surface area contributed by atoms with E-state index in [1.165, 1.54) is 5.69 Å². The van der Waals surface area contributed by atoms with E-state index < -0.39 is 0 Å². The fraction of sp³-hybridized carbons (Fsp3) is 0.611. The van der Waals surface area contributed by atoms with Gasteiger partial charge in [0.25, 0.3) is 0 Å². The van der Waals surface area contributed by atoms with Gasteiger partial charge < -0.3 is 19.4 Å². The van der Waals surface area contributed by atoms with Gasteiger partial charge in [-0.25, -0.2) is 0 Å². The molecule has 0 N–H and O–H groups in total. The van der Waals surface area contributed by atoms with E-state index in [2.05, 4.69) is 33.9 Å². The summed E-state index contributed by atoms with van der Waals surface area (Å²) in [7, 11) is 3.82. The number of piperazine rings is 1. The van der Waals surface area contributed by atoms with Crippen LogP contribution < -0.4 is 9.64 Å². The zero-order valence-corrected chi connectivity index (χ0v) is 14.2. The standard InChI is InChI=1S/C18H27N3O2/c1-19-9-7-15(8-10-19)18(22)21-13-11-20(12-14-21)16-3-5-17(23-2)6-4-16/h3-6,15H,7-14H2,1-2H3. The van der Waals surface area contributed by atoms with Crippen LogP contribution in [0.1, 0.15) is 12.8 Å². The Kier molecular flexibility index (Phi) is 5.06. The Bertz CT molecular complexity index is 516. The molecule has 0 bridgehead atoms. The molecule has 2 fully saturated rings. The Balaban J connectivity index is 1.52. The molecule has 1 amide bonds. The first-order chi connectivity index (χ1) is 11.2. The maximum Gasteiger partial charge on any atom is 0.225 e. The first-order valence-electron chi connectivity index (χ1n) is 8.53. The van der Waals surface area contributed by atoms with Gasteiger partial charge in [0.2, 0.25) is 5.91 Å². The second-order valence-corrected chi connectivity index (χ2v) is 6.59. The maximum atomic E-state index is 12.7. The third-order valence-electron chi connectivity index (χ3n) is 5.10. The van der Waals surface area contributed by atoms with E-state index in [0.717, 1.165) is 57.9 Å². The molecule has 5 heteroatoms. The number of nitrogens with zero attached hydrogens (tertiary/aromatic N) is 3. The number of amides is 1. The van der Waals surface area contributed by atoms with Crippen LogP contribution >= 0.6 is 0 Å². The highest BCUT2D eigenvalue weighted by molar-refractivity contribution is 5.79. The number of hydrogen-bond acceptors (Lipinski definition) is 4. The Labute approximate surface area is 138 Å². The first kappa shape index (κ1) is 16.1. The number of carbonyl (C=O) groups is 1. The van der Waals surface area contributed by atoms with E-state index in [-0.39, 0.29) is 5.92 Å². The summed E-state index contributed by atoms with van der Waals surface area (Å²) in [6.07, 6.45) is 2.02. The molecule has 0 atom stereocenters. The topological polar surface area (TPSA) is 36.0 Å². The lowest BCUT2D eigenvalue weighted by Gasteiger charge is -2.39. The van der Waals surface area contributed by atoms with Crippen LogP contribution in [0, 0.1) is 5.92 Å². The minimum atomic E-state index is 0.235. The predicted molar refractivity (Wildman–Crippen MR) is 92.0 cm³/mol. The van der Waals surface area contributed by atoms with Gasteiger partial charge in [-0.1, -0.05) is 0 Å². The number of benzene rings is 1. The van der Waals surface area contributed by atoms with Crippen LogP contribution in [-0.2, 0) is 4.79 Å². The number of anilines is 1. The molecule has 23 heavy (non-hydrogen) atoms. The molecule has 3 rings (SSSR count). The van der Waals surface area contributed by atoms with Crippen molar-refractivity contribution in [2.45, 2.75) is 12.8 Å². The number of ether oxygens (including phenoxy) is 1. The van der Waals surface area contributed by atoms with E-state index in [1.54, 1.807) is 7.11 Å². The number of piperidine rings is 1. The number of carbonyl (C=O) groups excluding carboxylic acids is 1. The molecule has 1 aromatic carbocycles. The maximum absolute atomic E-state index is 12.7. The lowest BCUT2D eigenvalue weighted by atomic mass is 9.95. The minimum Gasteiger partial charge on any atom is -0.497 e. The molecule has 0 spiro atoms. The van der Waals surface area contributed by atoms with Crippen molar-refractivity contribution in [3.05, 3.63) is 24.3 Å². The van der Waals surface area contributed by atoms with Crippen LogP contribution in [0.3, 0.4) is 0 Å². The average Bonchev–Trinajstić information content (AvgIpc) is 2.62. The van der Waals surface area contributed by atoms with Gasteiger partial charge in [0.1, 0.15) is 5.75 Å². The summed E-state index contributed by atoms with van der Waals surface area (Å²) in [6, 6.07) is 8.16. The predicted octanol–water partition coefficient (Wildman–Crippen LogP) is 1.69. The van der Waals surface area contributed by atoms with Gasteiger partial charge >= 0.3 is 0 Å². The van der Waals surface area contributed by atoms with Gasteiger partial charge in [0.15, 0.2) is 0 Å². The normalized spacial score (nSPS) is 20.6. The van der Waals surface area contributed by atoms with Gasteiger partial charge in [0.05, 0.1) is 7.11 Å². The van der Waals surface area contributed by atoms with Crippen LogP contribution in [0.25, 0.3) is 0 Å². The summed E-state index contributed by atoms with van der Waals surface area (Å²) < 4.78 is 5.20. The van der Waals surface area contributed by atoms with Crippen LogP contribution in [-0.4, -0.2) is 69.1 Å². The molecular weight excluding hydrogens is 290 g/mol. The lowest BCUT2D eigenvalue weighted by Crippen LogP contribution is -2.51. The third kappa shape index (κ3) is 3.78. The van der Waals surface area contributed by atoms with Crippen molar-refractivity contribution in [2.75, 3.05) is 58.3 Å². The van der Waals surface area contributed by atoms with Crippen LogP contribution in [0.4, 0.5) is 5.69 Å². The zero-order valence-electron chi connectivity index (χ0n) is 14.2. The van der Waals surface area contributed by atoms with Crippen molar-refractivity contribution in [1.29, 1.82) is 0 Å². The molecule has 2 saturated heterocycles. The SMILES string of the molecule is COc1ccc(N2CCN(C(=O)C3CCN(C)CC3)CC2)cc1. The van der Waals surface area contributed by atoms with Crippen molar-refractivity contribution in [1.82, 2.24) is 9.80 Å². The Morgan fingerprint density at radius 1 is 1.00 bits per heavy atom. The van der Waals surface area contributed by atoms with E-state index in [9.17, 15) is 4.79 Å². The number of rotatable bonds is 3. The minimum absolute atomic E-state index is 0.235. The van der Waals surface area contributed by atoms with Gasteiger partial charge in [-0.2, -0.15) is 0 Å². The fourth-order valence-electron chi connectivity index (χ4n) is 3.49. The highest BCUT2D eigenvalue weighted by atomic mass is 16.5. The Hall–Kier alpha value is -1.75. The zero-order chi connectivity index (χ0) is 16.2. The van der Waals surface area contributed by atoms with Gasteiger partial charge in [-0.3, -0.25) is 4.79 Å². The molecule has 1 aromatic rings. The van der Waals surface area contributed by atoms with E-state index in [4.69, 9.17) is 4.74 Å². The molecular formula is C18H27N3O2. The van der Waals surface area contributed by atoms with Crippen molar-refractivity contribution in [2.24, 2.45) is 5.92 Å². The Morgan fingerprint density at radius 2 is 1.61 bits per heavy atom. The highest BCUT2D eigenvalue weighted by Crippen LogP contribution is 2.23. The van der Waals surface area contributed by atoms with E-state index in [0.29, 0.717) is 5.91 Å². The van der Waals surface area contributed by atoms with Crippen molar-refractivity contribution < 1.29 is 9.53 Å². The lowest BCUT2D eigenvalue weighted by molar-refractivity contribution is -0.137. The average molecular weight is 317 g/mol. The molecule has 0 aromatic heterocycles. The number of methoxy groups -OCH3 is 1. The summed E-state index contributed by atoms with van der Waals surface area (Å²) in [5, 5.41) is 0. The van der Waals surface area contributed by atoms with E-state index >= 15 is 0 Å². The molecule has 0 radical (unpaired) electrons. The number of hydrogen-bond donors (Lipinski definition) is 0. The molecule has 2 aliphatic heterocycles. The molecule has 126 valence electrons. The third-order valence-corrected chi connectivity index (χ3v) is 5.10. The Morgan fingerprint density at radius 3 is 2.17 bits per heavy atom. The molecule has 0 unspecified atom stereocenters. The molecule has 5 nitrogen and oxygen atoms in total. The van der Waals surface area contributed by atoms with Gasteiger partial charge in [-0.15, -0.1) is 0 Å². The van der Waals surface area contributed by atoms with Crippen LogP contribution in [0.15, 0.2) is 24.3 Å². The quantitative estimate of drug-likeness (QED) is 0.850. The second-order valence-electron chi connectivity index (χ2n) is 6.59. The summed E-state index contributed by atoms with van der Waals surface area (Å²) in [5.74, 6) is 1.48. The van der Waals surface area contributed by atoms with Crippen molar-refractivity contribution in [3.63, 3.8) is 0 Å². The summed E-state index contributed by atoms with van der Waals surface area (Å²) >= 11 is 0. The van der Waals surface area contributed by atoms with Crippen LogP contribution in [0.2, 0.25) is 0 Å². The fourth-order valence-corrected chi connectivity index (χ4v) is 3.49. The van der Waals surface area contributed by atoms with Crippen molar-refractivity contribution >= 4 is 11.6 Å². The summed E-state index contributed by atoms with van der Waals surface area (Å²) in [6.45, 7) is 5.56. The smallest absolute Gasteiger partial charge is 0.225 e. The molecule has 0 saturated carbocycles. The van der Waals surface area contributed by atoms with Gasteiger partial charge in [0, 0.05) is 37.8 Å². The second kappa shape index (κ2) is 7.21. The molecule has 0 aliphatic carbocycles. The molecule has 2 aliphatic rings. The van der Waals surface area contributed by atoms with E-state index in [1.807, 2.05) is 12.1 Å². The molecule has 2 heterocycles. The van der Waals surface area contributed by atoms with Crippen LogP contribution in [0.5, 0.6) is 5.75 Å². The first-order valence-corrected chi connectivity index (χ1v) is 8.53. The van der Waals surface area contributed by atoms with Crippen molar-refractivity contribution in [3.8, 4) is 5.75 Å². The number of likely N-dealkylation sites (tertiary alicyclic amines) is 1. The monoisotopic (exact) mass is 317 g/mol. The largest absolute Gasteiger partial charge is 0.497 e.